The molecule has 0 amide bonds. The van der Waals surface area contributed by atoms with Gasteiger partial charge in [0.25, 0.3) is 0 Å². The molecule has 102 valence electrons. The van der Waals surface area contributed by atoms with Gasteiger partial charge >= 0.3 is 18.1 Å². The molecule has 0 spiro atoms. The number of aliphatic hydroxyl groups is 1. The van der Waals surface area contributed by atoms with E-state index in [1.165, 1.54) is 0 Å². The number of aliphatic carboxylic acids is 1. The molecule has 1 rings (SSSR count). The maximum atomic E-state index is 13.2. The van der Waals surface area contributed by atoms with Crippen LogP contribution >= 0.6 is 0 Å². The van der Waals surface area contributed by atoms with Gasteiger partial charge in [-0.1, -0.05) is 0 Å². The van der Waals surface area contributed by atoms with Crippen molar-refractivity contribution >= 4 is 5.97 Å². The Morgan fingerprint density at radius 2 is 1.89 bits per heavy atom. The zero-order chi connectivity index (χ0) is 14.2. The van der Waals surface area contributed by atoms with Crippen LogP contribution in [0, 0.1) is 0 Å². The topological polar surface area (TPSA) is 99.1 Å². The van der Waals surface area contributed by atoms with Crippen molar-refractivity contribution in [2.24, 2.45) is 0 Å². The largest absolute Gasteiger partial charge is 0.481 e. The van der Waals surface area contributed by atoms with Crippen molar-refractivity contribution in [3.05, 3.63) is 12.2 Å². The van der Waals surface area contributed by atoms with E-state index >= 15 is 0 Å². The Kier molecular flexibility index (Phi) is 3.30. The highest BCUT2D eigenvalue weighted by atomic mass is 19.4. The first-order chi connectivity index (χ1) is 8.02. The second kappa shape index (κ2) is 4.15. The summed E-state index contributed by atoms with van der Waals surface area (Å²) in [5.74, 6) is -9.05. The maximum Gasteiger partial charge on any atom is 0.456 e. The number of halogens is 5. The number of carboxylic acids is 1. The second-order valence-corrected chi connectivity index (χ2v) is 3.34. The van der Waals surface area contributed by atoms with Crippen molar-refractivity contribution in [1.29, 1.82) is 0 Å². The highest BCUT2D eigenvalue weighted by molar-refractivity contribution is 5.68. The van der Waals surface area contributed by atoms with Gasteiger partial charge in [0.15, 0.2) is 5.82 Å². The summed E-state index contributed by atoms with van der Waals surface area (Å²) in [7, 11) is 0. The standard InChI is InChI=1S/C7H6F5N3O3/c8-6(9,7(10,11)12)5(18,1-3(16)17)4-13-2-14-15-4/h2,18H,1H2,(H,16,17)(H,13,14,15). The van der Waals surface area contributed by atoms with E-state index in [-0.39, 0.29) is 0 Å². The van der Waals surface area contributed by atoms with Gasteiger partial charge in [-0.3, -0.25) is 9.89 Å². The molecule has 0 bridgehead atoms. The van der Waals surface area contributed by atoms with Crippen LogP contribution < -0.4 is 0 Å². The molecule has 1 unspecified atom stereocenters. The minimum Gasteiger partial charge on any atom is -0.481 e. The van der Waals surface area contributed by atoms with Crippen molar-refractivity contribution in [2.45, 2.75) is 24.1 Å². The number of carboxylic acid groups (broad SMARTS) is 1. The minimum atomic E-state index is -6.15. The molecule has 1 aromatic rings. The van der Waals surface area contributed by atoms with E-state index in [2.05, 4.69) is 10.1 Å². The van der Waals surface area contributed by atoms with E-state index < -0.39 is 35.9 Å². The van der Waals surface area contributed by atoms with Gasteiger partial charge in [-0.15, -0.1) is 0 Å². The molecule has 0 fully saturated rings. The van der Waals surface area contributed by atoms with Gasteiger partial charge in [0, 0.05) is 0 Å². The summed E-state index contributed by atoms with van der Waals surface area (Å²) < 4.78 is 63.0. The molecule has 0 saturated carbocycles. The molecule has 0 aliphatic rings. The maximum absolute atomic E-state index is 13.2. The summed E-state index contributed by atoms with van der Waals surface area (Å²) in [6, 6.07) is 0. The summed E-state index contributed by atoms with van der Waals surface area (Å²) in [5, 5.41) is 22.4. The fourth-order valence-electron chi connectivity index (χ4n) is 1.20. The number of carbonyl (C=O) groups is 1. The second-order valence-electron chi connectivity index (χ2n) is 3.34. The van der Waals surface area contributed by atoms with E-state index in [9.17, 15) is 31.9 Å². The van der Waals surface area contributed by atoms with Gasteiger partial charge in [-0.2, -0.15) is 27.1 Å². The molecule has 6 nitrogen and oxygen atoms in total. The van der Waals surface area contributed by atoms with Gasteiger partial charge in [-0.05, 0) is 0 Å². The lowest BCUT2D eigenvalue weighted by Gasteiger charge is -2.33. The van der Waals surface area contributed by atoms with Crippen molar-refractivity contribution in [3.63, 3.8) is 0 Å². The summed E-state index contributed by atoms with van der Waals surface area (Å²) in [6.45, 7) is 0. The van der Waals surface area contributed by atoms with Gasteiger partial charge in [0.05, 0.1) is 6.42 Å². The average molecular weight is 275 g/mol. The highest BCUT2D eigenvalue weighted by Gasteiger charge is 2.72. The molecule has 1 heterocycles. The van der Waals surface area contributed by atoms with Gasteiger partial charge in [0.2, 0.25) is 5.60 Å². The summed E-state index contributed by atoms with van der Waals surface area (Å²) in [5.41, 5.74) is -4.06. The number of nitrogens with one attached hydrogen (secondary N) is 1. The number of hydrogen-bond donors (Lipinski definition) is 3. The van der Waals surface area contributed by atoms with Crippen LogP contribution in [0.15, 0.2) is 6.33 Å². The Morgan fingerprint density at radius 1 is 1.33 bits per heavy atom. The van der Waals surface area contributed by atoms with Crippen molar-refractivity contribution in [2.75, 3.05) is 0 Å². The monoisotopic (exact) mass is 275 g/mol. The van der Waals surface area contributed by atoms with E-state index in [4.69, 9.17) is 5.11 Å². The van der Waals surface area contributed by atoms with E-state index in [1.54, 1.807) is 5.10 Å². The first kappa shape index (κ1) is 14.3. The minimum absolute atomic E-state index is 0.564. The van der Waals surface area contributed by atoms with Crippen molar-refractivity contribution in [3.8, 4) is 0 Å². The SMILES string of the molecule is O=C(O)CC(O)(c1ncn[nH]1)C(F)(F)C(F)(F)F. The highest BCUT2D eigenvalue weighted by Crippen LogP contribution is 2.49. The fourth-order valence-corrected chi connectivity index (χ4v) is 1.20. The molecular weight excluding hydrogens is 269 g/mol. The predicted octanol–water partition coefficient (Wildman–Crippen LogP) is 0.665. The third-order valence-electron chi connectivity index (χ3n) is 2.09. The Morgan fingerprint density at radius 3 is 2.22 bits per heavy atom. The van der Waals surface area contributed by atoms with Crippen LogP contribution in [0.3, 0.4) is 0 Å². The Balaban J connectivity index is 3.34. The Hall–Kier alpha value is -1.78. The van der Waals surface area contributed by atoms with Crippen LogP contribution in [0.5, 0.6) is 0 Å². The quantitative estimate of drug-likeness (QED) is 0.701. The number of nitrogens with zero attached hydrogens (tertiary/aromatic N) is 2. The lowest BCUT2D eigenvalue weighted by molar-refractivity contribution is -0.348. The van der Waals surface area contributed by atoms with Crippen LogP contribution in [0.25, 0.3) is 0 Å². The van der Waals surface area contributed by atoms with Crippen molar-refractivity contribution < 1.29 is 37.0 Å². The molecule has 0 aliphatic heterocycles. The number of H-pyrrole nitrogens is 1. The fraction of sp³-hybridized carbons (Fsp3) is 0.571. The smallest absolute Gasteiger partial charge is 0.456 e. The molecule has 1 aromatic heterocycles. The average Bonchev–Trinajstić information content (AvgIpc) is 2.66. The number of hydrogen-bond acceptors (Lipinski definition) is 4. The van der Waals surface area contributed by atoms with E-state index in [0.29, 0.717) is 6.33 Å². The number of rotatable bonds is 4. The summed E-state index contributed by atoms with van der Waals surface area (Å²) in [4.78, 5) is 13.3. The molecule has 0 aromatic carbocycles. The molecule has 18 heavy (non-hydrogen) atoms. The lowest BCUT2D eigenvalue weighted by atomic mass is 9.90. The van der Waals surface area contributed by atoms with Crippen LogP contribution in [-0.2, 0) is 10.4 Å². The predicted molar refractivity (Wildman–Crippen MR) is 43.5 cm³/mol. The number of aromatic nitrogens is 3. The zero-order valence-electron chi connectivity index (χ0n) is 8.37. The third kappa shape index (κ3) is 2.12. The summed E-state index contributed by atoms with van der Waals surface area (Å²) >= 11 is 0. The lowest BCUT2D eigenvalue weighted by Crippen LogP contribution is -2.56. The van der Waals surface area contributed by atoms with Gasteiger partial charge in [-0.25, -0.2) is 4.98 Å². The zero-order valence-corrected chi connectivity index (χ0v) is 8.37. The molecule has 1 atom stereocenters. The van der Waals surface area contributed by atoms with E-state index in [0.717, 1.165) is 0 Å². The molecule has 0 saturated heterocycles. The van der Waals surface area contributed by atoms with Crippen LogP contribution in [0.2, 0.25) is 0 Å². The van der Waals surface area contributed by atoms with Crippen LogP contribution in [0.1, 0.15) is 12.2 Å². The van der Waals surface area contributed by atoms with Crippen LogP contribution in [0.4, 0.5) is 22.0 Å². The van der Waals surface area contributed by atoms with Crippen LogP contribution in [-0.4, -0.2) is 43.5 Å². The number of alkyl halides is 5. The molecule has 3 N–H and O–H groups in total. The van der Waals surface area contributed by atoms with Crippen molar-refractivity contribution in [1.82, 2.24) is 15.2 Å². The third-order valence-corrected chi connectivity index (χ3v) is 2.09. The molecular formula is C7H6F5N3O3. The summed E-state index contributed by atoms with van der Waals surface area (Å²) in [6.07, 6.45) is -7.48. The molecule has 0 radical (unpaired) electrons. The van der Waals surface area contributed by atoms with Gasteiger partial charge < -0.3 is 10.2 Å². The molecule has 11 heteroatoms. The Labute approximate surface area is 95.5 Å². The van der Waals surface area contributed by atoms with E-state index in [1.807, 2.05) is 0 Å². The number of aromatic amines is 1. The molecule has 0 aliphatic carbocycles. The first-order valence-corrected chi connectivity index (χ1v) is 4.27. The normalized spacial score (nSPS) is 16.3. The van der Waals surface area contributed by atoms with Gasteiger partial charge in [0.1, 0.15) is 6.33 Å². The first-order valence-electron chi connectivity index (χ1n) is 4.27. The Bertz CT molecular complexity index is 432.